The van der Waals surface area contributed by atoms with Crippen LogP contribution >= 0.6 is 33.9 Å². The molecule has 0 aliphatic rings. The zero-order chi connectivity index (χ0) is 16.5. The van der Waals surface area contributed by atoms with Crippen molar-refractivity contribution in [2.75, 3.05) is 6.54 Å². The van der Waals surface area contributed by atoms with Crippen LogP contribution in [-0.2, 0) is 6.42 Å². The molecule has 122 valence electrons. The Morgan fingerprint density at radius 2 is 1.92 bits per heavy atom. The van der Waals surface area contributed by atoms with Gasteiger partial charge in [-0.15, -0.1) is 11.3 Å². The molecule has 0 saturated heterocycles. The first-order valence-electron chi connectivity index (χ1n) is 8.25. The Labute approximate surface area is 159 Å². The quantitative estimate of drug-likeness (QED) is 0.289. The molecule has 3 N–H and O–H groups in total. The summed E-state index contributed by atoms with van der Waals surface area (Å²) in [7, 11) is 0. The summed E-state index contributed by atoms with van der Waals surface area (Å²) < 4.78 is 2.62. The molecule has 2 aromatic heterocycles. The molecular formula is C20H19IN2S. The fourth-order valence-electron chi connectivity index (χ4n) is 3.24. The van der Waals surface area contributed by atoms with Crippen molar-refractivity contribution in [3.05, 3.63) is 57.7 Å². The second kappa shape index (κ2) is 6.86. The molecule has 0 spiro atoms. The van der Waals surface area contributed by atoms with Crippen LogP contribution in [0.5, 0.6) is 0 Å². The van der Waals surface area contributed by atoms with Gasteiger partial charge in [0.05, 0.1) is 10.6 Å². The van der Waals surface area contributed by atoms with Gasteiger partial charge in [-0.2, -0.15) is 0 Å². The Bertz CT molecular complexity index is 966. The van der Waals surface area contributed by atoms with E-state index in [1.54, 1.807) is 0 Å². The van der Waals surface area contributed by atoms with Gasteiger partial charge >= 0.3 is 0 Å². The number of unbranched alkanes of at least 4 members (excludes halogenated alkanes) is 1. The monoisotopic (exact) mass is 446 g/mol. The Balaban J connectivity index is 1.87. The van der Waals surface area contributed by atoms with Gasteiger partial charge in [0.2, 0.25) is 0 Å². The van der Waals surface area contributed by atoms with E-state index in [4.69, 9.17) is 5.73 Å². The zero-order valence-corrected chi connectivity index (χ0v) is 16.3. The predicted octanol–water partition coefficient (Wildman–Crippen LogP) is 5.94. The predicted molar refractivity (Wildman–Crippen MR) is 114 cm³/mol. The molecule has 24 heavy (non-hydrogen) atoms. The Kier molecular flexibility index (Phi) is 4.61. The van der Waals surface area contributed by atoms with E-state index in [1.165, 1.54) is 40.7 Å². The number of hydrogen-bond acceptors (Lipinski definition) is 2. The fourth-order valence-corrected chi connectivity index (χ4v) is 4.82. The largest absolute Gasteiger partial charge is 0.354 e. The SMILES string of the molecule is NCCCCc1c(-c2cc3ccccc3s2)[nH]c2ccc(I)cc12. The Hall–Kier alpha value is -1.37. The molecule has 4 heteroatoms. The maximum atomic E-state index is 5.70. The smallest absolute Gasteiger partial charge is 0.0599 e. The van der Waals surface area contributed by atoms with Gasteiger partial charge in [0, 0.05) is 19.2 Å². The number of fused-ring (bicyclic) bond motifs is 2. The van der Waals surface area contributed by atoms with Crippen molar-refractivity contribution in [2.45, 2.75) is 19.3 Å². The van der Waals surface area contributed by atoms with Gasteiger partial charge in [0.15, 0.2) is 0 Å². The van der Waals surface area contributed by atoms with Crippen molar-refractivity contribution >= 4 is 54.9 Å². The highest BCUT2D eigenvalue weighted by Crippen LogP contribution is 2.38. The Morgan fingerprint density at radius 3 is 2.75 bits per heavy atom. The minimum atomic E-state index is 0.762. The standard InChI is InChI=1S/C20H19IN2S/c21-14-8-9-17-16(12-14)15(6-3-4-10-22)20(23-17)19-11-13-5-1-2-7-18(13)24-19/h1-2,5,7-9,11-12,23H,3-4,6,10,22H2. The lowest BCUT2D eigenvalue weighted by molar-refractivity contribution is 0.748. The first kappa shape index (κ1) is 16.1. The molecule has 4 rings (SSSR count). The lowest BCUT2D eigenvalue weighted by Crippen LogP contribution is -1.99. The highest BCUT2D eigenvalue weighted by Gasteiger charge is 2.15. The summed E-state index contributed by atoms with van der Waals surface area (Å²) in [4.78, 5) is 5.00. The molecule has 0 saturated carbocycles. The maximum absolute atomic E-state index is 5.70. The number of benzene rings is 2. The third kappa shape index (κ3) is 2.98. The van der Waals surface area contributed by atoms with Gasteiger partial charge in [0.25, 0.3) is 0 Å². The van der Waals surface area contributed by atoms with E-state index in [0.717, 1.165) is 25.8 Å². The van der Waals surface area contributed by atoms with Gasteiger partial charge < -0.3 is 10.7 Å². The van der Waals surface area contributed by atoms with Crippen molar-refractivity contribution in [3.8, 4) is 10.6 Å². The summed E-state index contributed by atoms with van der Waals surface area (Å²) in [6, 6.07) is 17.6. The van der Waals surface area contributed by atoms with Crippen LogP contribution in [0, 0.1) is 3.57 Å². The van der Waals surface area contributed by atoms with Crippen LogP contribution < -0.4 is 5.73 Å². The minimum Gasteiger partial charge on any atom is -0.354 e. The number of nitrogens with one attached hydrogen (secondary N) is 1. The summed E-state index contributed by atoms with van der Waals surface area (Å²) in [5.74, 6) is 0. The lowest BCUT2D eigenvalue weighted by Gasteiger charge is -2.03. The van der Waals surface area contributed by atoms with Crippen LogP contribution in [0.15, 0.2) is 48.5 Å². The number of halogens is 1. The molecule has 2 nitrogen and oxygen atoms in total. The summed E-state index contributed by atoms with van der Waals surface area (Å²) in [6.07, 6.45) is 3.27. The fraction of sp³-hybridized carbons (Fsp3) is 0.200. The van der Waals surface area contributed by atoms with E-state index >= 15 is 0 Å². The third-order valence-corrected chi connectivity index (χ3v) is 6.23. The number of rotatable bonds is 5. The van der Waals surface area contributed by atoms with Gasteiger partial charge in [-0.25, -0.2) is 0 Å². The van der Waals surface area contributed by atoms with Crippen LogP contribution in [0.4, 0.5) is 0 Å². The van der Waals surface area contributed by atoms with Gasteiger partial charge in [-0.05, 0) is 89.7 Å². The van der Waals surface area contributed by atoms with Crippen LogP contribution in [0.25, 0.3) is 31.6 Å². The molecule has 0 fully saturated rings. The normalized spacial score (nSPS) is 11.6. The van der Waals surface area contributed by atoms with Crippen molar-refractivity contribution in [1.82, 2.24) is 4.98 Å². The summed E-state index contributed by atoms with van der Waals surface area (Å²) in [6.45, 7) is 0.762. The minimum absolute atomic E-state index is 0.762. The van der Waals surface area contributed by atoms with Crippen LogP contribution in [-0.4, -0.2) is 11.5 Å². The van der Waals surface area contributed by atoms with Crippen molar-refractivity contribution in [3.63, 3.8) is 0 Å². The molecular weight excluding hydrogens is 427 g/mol. The van der Waals surface area contributed by atoms with Gasteiger partial charge in [-0.3, -0.25) is 0 Å². The number of aromatic nitrogens is 1. The third-order valence-electron chi connectivity index (χ3n) is 4.42. The van der Waals surface area contributed by atoms with Crippen molar-refractivity contribution < 1.29 is 0 Å². The zero-order valence-electron chi connectivity index (χ0n) is 13.3. The molecule has 0 aliphatic carbocycles. The van der Waals surface area contributed by atoms with Crippen LogP contribution in [0.1, 0.15) is 18.4 Å². The second-order valence-electron chi connectivity index (χ2n) is 6.06. The number of H-pyrrole nitrogens is 1. The van der Waals surface area contributed by atoms with Crippen molar-refractivity contribution in [2.24, 2.45) is 5.73 Å². The number of hydrogen-bond donors (Lipinski definition) is 2. The number of thiophene rings is 1. The van der Waals surface area contributed by atoms with Gasteiger partial charge in [-0.1, -0.05) is 18.2 Å². The highest BCUT2D eigenvalue weighted by molar-refractivity contribution is 14.1. The molecule has 0 bridgehead atoms. The van der Waals surface area contributed by atoms with E-state index in [9.17, 15) is 0 Å². The maximum Gasteiger partial charge on any atom is 0.0599 e. The number of nitrogens with two attached hydrogens (primary N) is 1. The van der Waals surface area contributed by atoms with E-state index in [1.807, 2.05) is 11.3 Å². The number of aryl methyl sites for hydroxylation is 1. The van der Waals surface area contributed by atoms with Crippen LogP contribution in [0.2, 0.25) is 0 Å². The van der Waals surface area contributed by atoms with E-state index < -0.39 is 0 Å². The molecule has 0 aliphatic heterocycles. The second-order valence-corrected chi connectivity index (χ2v) is 8.39. The molecule has 4 aromatic rings. The summed E-state index contributed by atoms with van der Waals surface area (Å²) in [5, 5.41) is 2.67. The Morgan fingerprint density at radius 1 is 1.04 bits per heavy atom. The lowest BCUT2D eigenvalue weighted by atomic mass is 10.0. The molecule has 0 atom stereocenters. The molecule has 2 heterocycles. The average molecular weight is 446 g/mol. The highest BCUT2D eigenvalue weighted by atomic mass is 127. The first-order valence-corrected chi connectivity index (χ1v) is 10.1. The van der Waals surface area contributed by atoms with Gasteiger partial charge in [0.1, 0.15) is 0 Å². The molecule has 0 amide bonds. The van der Waals surface area contributed by atoms with E-state index in [2.05, 4.69) is 76.1 Å². The van der Waals surface area contributed by atoms with E-state index in [-0.39, 0.29) is 0 Å². The summed E-state index contributed by atoms with van der Waals surface area (Å²) in [5.41, 5.74) is 9.64. The van der Waals surface area contributed by atoms with Crippen molar-refractivity contribution in [1.29, 1.82) is 0 Å². The van der Waals surface area contributed by atoms with E-state index in [0.29, 0.717) is 0 Å². The summed E-state index contributed by atoms with van der Waals surface area (Å²) >= 11 is 4.26. The molecule has 0 radical (unpaired) electrons. The van der Waals surface area contributed by atoms with Crippen LogP contribution in [0.3, 0.4) is 0 Å². The molecule has 0 unspecified atom stereocenters. The first-order chi connectivity index (χ1) is 11.8. The number of aromatic amines is 1. The molecule has 2 aromatic carbocycles. The topological polar surface area (TPSA) is 41.8 Å². The average Bonchev–Trinajstić information content (AvgIpc) is 3.16.